The molecule has 0 aliphatic rings. The fourth-order valence-corrected chi connectivity index (χ4v) is 1.70. The van der Waals surface area contributed by atoms with Gasteiger partial charge in [0, 0.05) is 0 Å². The Labute approximate surface area is 92.5 Å². The van der Waals surface area contributed by atoms with Gasteiger partial charge in [0.1, 0.15) is 0 Å². The van der Waals surface area contributed by atoms with Gasteiger partial charge in [-0.05, 0) is 19.3 Å². The van der Waals surface area contributed by atoms with E-state index in [9.17, 15) is 9.90 Å². The highest BCUT2D eigenvalue weighted by atomic mass is 16.4. The van der Waals surface area contributed by atoms with Crippen molar-refractivity contribution in [1.29, 1.82) is 0 Å². The van der Waals surface area contributed by atoms with Crippen molar-refractivity contribution in [3.8, 4) is 0 Å². The summed E-state index contributed by atoms with van der Waals surface area (Å²) in [4.78, 5) is 10.7. The van der Waals surface area contributed by atoms with Crippen LogP contribution in [0.4, 0.5) is 0 Å². The molecule has 0 rings (SSSR count). The Morgan fingerprint density at radius 2 is 1.80 bits per heavy atom. The summed E-state index contributed by atoms with van der Waals surface area (Å²) in [7, 11) is 0. The van der Waals surface area contributed by atoms with E-state index in [4.69, 9.17) is 5.11 Å². The molecule has 2 N–H and O–H groups in total. The zero-order valence-corrected chi connectivity index (χ0v) is 10.1. The van der Waals surface area contributed by atoms with Crippen LogP contribution in [-0.4, -0.2) is 22.3 Å². The zero-order chi connectivity index (χ0) is 11.8. The van der Waals surface area contributed by atoms with Crippen LogP contribution >= 0.6 is 0 Å². The number of hydrogen-bond acceptors (Lipinski definition) is 2. The first-order valence-corrected chi connectivity index (χ1v) is 5.91. The van der Waals surface area contributed by atoms with E-state index in [1.54, 1.807) is 6.92 Å². The Hall–Kier alpha value is -0.570. The minimum absolute atomic E-state index is 0.0768. The van der Waals surface area contributed by atoms with Gasteiger partial charge >= 0.3 is 5.97 Å². The summed E-state index contributed by atoms with van der Waals surface area (Å²) in [5, 5.41) is 18.5. The second kappa shape index (κ2) is 7.69. The molecule has 3 atom stereocenters. The molecule has 90 valence electrons. The fourth-order valence-electron chi connectivity index (χ4n) is 1.70. The highest BCUT2D eigenvalue weighted by Crippen LogP contribution is 2.19. The van der Waals surface area contributed by atoms with Gasteiger partial charge in [-0.15, -0.1) is 0 Å². The molecule has 0 radical (unpaired) electrons. The third-order valence-electron chi connectivity index (χ3n) is 3.00. The molecule has 0 aromatic rings. The summed E-state index contributed by atoms with van der Waals surface area (Å²) in [6.07, 6.45) is 4.87. The molecule has 0 aromatic heterocycles. The Balaban J connectivity index is 3.78. The van der Waals surface area contributed by atoms with Crippen molar-refractivity contribution >= 4 is 5.97 Å². The largest absolute Gasteiger partial charge is 0.481 e. The number of carbonyl (C=O) groups is 1. The van der Waals surface area contributed by atoms with Crippen molar-refractivity contribution in [2.24, 2.45) is 11.8 Å². The molecule has 3 nitrogen and oxygen atoms in total. The van der Waals surface area contributed by atoms with Gasteiger partial charge in [0.2, 0.25) is 0 Å². The molecule has 0 spiro atoms. The first-order chi connectivity index (χ1) is 7.00. The number of aliphatic hydroxyl groups is 1. The Kier molecular flexibility index (Phi) is 7.39. The highest BCUT2D eigenvalue weighted by molar-refractivity contribution is 5.70. The maximum Gasteiger partial charge on any atom is 0.308 e. The Morgan fingerprint density at radius 1 is 1.20 bits per heavy atom. The van der Waals surface area contributed by atoms with Gasteiger partial charge < -0.3 is 10.2 Å². The topological polar surface area (TPSA) is 57.5 Å². The number of carboxylic acids is 1. The van der Waals surface area contributed by atoms with Crippen molar-refractivity contribution in [1.82, 2.24) is 0 Å². The lowest BCUT2D eigenvalue weighted by molar-refractivity contribution is -0.146. The van der Waals surface area contributed by atoms with Gasteiger partial charge in [-0.1, -0.05) is 39.5 Å². The first kappa shape index (κ1) is 14.4. The number of aliphatic hydroxyl groups excluding tert-OH is 1. The van der Waals surface area contributed by atoms with E-state index in [1.165, 1.54) is 19.3 Å². The summed E-state index contributed by atoms with van der Waals surface area (Å²) in [6.45, 7) is 5.65. The molecule has 0 amide bonds. The lowest BCUT2D eigenvalue weighted by atomic mass is 9.89. The number of unbranched alkanes of at least 4 members (excludes halogenated alkanes) is 3. The molecule has 3 unspecified atom stereocenters. The molecule has 0 aromatic carbocycles. The van der Waals surface area contributed by atoms with Gasteiger partial charge in [0.05, 0.1) is 12.0 Å². The third-order valence-corrected chi connectivity index (χ3v) is 3.00. The van der Waals surface area contributed by atoms with Crippen LogP contribution in [0.3, 0.4) is 0 Å². The van der Waals surface area contributed by atoms with Crippen molar-refractivity contribution in [2.45, 2.75) is 59.0 Å². The van der Waals surface area contributed by atoms with Crippen LogP contribution < -0.4 is 0 Å². The molecule has 0 aliphatic carbocycles. The average Bonchev–Trinajstić information content (AvgIpc) is 2.21. The van der Waals surface area contributed by atoms with Gasteiger partial charge in [-0.2, -0.15) is 0 Å². The van der Waals surface area contributed by atoms with Crippen molar-refractivity contribution in [2.75, 3.05) is 0 Å². The third kappa shape index (κ3) is 5.78. The van der Waals surface area contributed by atoms with Crippen molar-refractivity contribution < 1.29 is 15.0 Å². The molecule has 3 heteroatoms. The standard InChI is InChI=1S/C12H24O3/c1-4-5-6-7-8-9(2)11(13)10(3)12(14)15/h9-11,13H,4-8H2,1-3H3,(H,14,15). The minimum Gasteiger partial charge on any atom is -0.481 e. The van der Waals surface area contributed by atoms with Crippen molar-refractivity contribution in [3.63, 3.8) is 0 Å². The minimum atomic E-state index is -0.914. The molecular formula is C12H24O3. The maximum atomic E-state index is 10.7. The van der Waals surface area contributed by atoms with E-state index in [1.807, 2.05) is 6.92 Å². The molecular weight excluding hydrogens is 192 g/mol. The van der Waals surface area contributed by atoms with Crippen LogP contribution in [0.25, 0.3) is 0 Å². The number of rotatable bonds is 8. The van der Waals surface area contributed by atoms with E-state index in [0.29, 0.717) is 0 Å². The molecule has 0 aliphatic heterocycles. The van der Waals surface area contributed by atoms with Crippen LogP contribution in [0.15, 0.2) is 0 Å². The van der Waals surface area contributed by atoms with Gasteiger partial charge in [0.25, 0.3) is 0 Å². The lowest BCUT2D eigenvalue weighted by Gasteiger charge is -2.21. The molecule has 0 fully saturated rings. The normalized spacial score (nSPS) is 17.1. The summed E-state index contributed by atoms with van der Waals surface area (Å²) >= 11 is 0. The maximum absolute atomic E-state index is 10.7. The van der Waals surface area contributed by atoms with Gasteiger partial charge in [0.15, 0.2) is 0 Å². The van der Waals surface area contributed by atoms with Crippen LogP contribution in [0, 0.1) is 11.8 Å². The molecule has 0 saturated carbocycles. The number of carboxylic acid groups (broad SMARTS) is 1. The molecule has 0 saturated heterocycles. The lowest BCUT2D eigenvalue weighted by Crippen LogP contribution is -2.31. The fraction of sp³-hybridized carbons (Fsp3) is 0.917. The SMILES string of the molecule is CCCCCCC(C)C(O)C(C)C(=O)O. The van der Waals surface area contributed by atoms with Crippen molar-refractivity contribution in [3.05, 3.63) is 0 Å². The van der Waals surface area contributed by atoms with E-state index >= 15 is 0 Å². The van der Waals surface area contributed by atoms with E-state index < -0.39 is 18.0 Å². The summed E-state index contributed by atoms with van der Waals surface area (Å²) < 4.78 is 0. The molecule has 15 heavy (non-hydrogen) atoms. The predicted molar refractivity (Wildman–Crippen MR) is 60.7 cm³/mol. The molecule has 0 bridgehead atoms. The Morgan fingerprint density at radius 3 is 2.27 bits per heavy atom. The van der Waals surface area contributed by atoms with Crippen LogP contribution in [0.2, 0.25) is 0 Å². The Bertz CT molecular complexity index is 180. The van der Waals surface area contributed by atoms with Crippen LogP contribution in [-0.2, 0) is 4.79 Å². The average molecular weight is 216 g/mol. The van der Waals surface area contributed by atoms with Gasteiger partial charge in [-0.25, -0.2) is 0 Å². The summed E-state index contributed by atoms with van der Waals surface area (Å²) in [6, 6.07) is 0. The van der Waals surface area contributed by atoms with Crippen LogP contribution in [0.5, 0.6) is 0 Å². The second-order valence-electron chi connectivity index (χ2n) is 4.44. The van der Waals surface area contributed by atoms with Gasteiger partial charge in [-0.3, -0.25) is 4.79 Å². The monoisotopic (exact) mass is 216 g/mol. The zero-order valence-electron chi connectivity index (χ0n) is 10.1. The predicted octanol–water partition coefficient (Wildman–Crippen LogP) is 2.67. The number of aliphatic carboxylic acids is 1. The quantitative estimate of drug-likeness (QED) is 0.613. The highest BCUT2D eigenvalue weighted by Gasteiger charge is 2.25. The van der Waals surface area contributed by atoms with E-state index in [0.717, 1.165) is 12.8 Å². The van der Waals surface area contributed by atoms with E-state index in [-0.39, 0.29) is 5.92 Å². The van der Waals surface area contributed by atoms with E-state index in [2.05, 4.69) is 6.92 Å². The smallest absolute Gasteiger partial charge is 0.308 e. The number of hydrogen-bond donors (Lipinski definition) is 2. The summed E-state index contributed by atoms with van der Waals surface area (Å²) in [5.74, 6) is -1.50. The molecule has 0 heterocycles. The first-order valence-electron chi connectivity index (χ1n) is 5.91. The second-order valence-corrected chi connectivity index (χ2v) is 4.44. The summed E-state index contributed by atoms with van der Waals surface area (Å²) in [5.41, 5.74) is 0. The van der Waals surface area contributed by atoms with Crippen LogP contribution in [0.1, 0.15) is 52.9 Å².